The molecule has 3 nitrogen and oxygen atoms in total. The Morgan fingerprint density at radius 3 is 2.38 bits per heavy atom. The highest BCUT2D eigenvalue weighted by Crippen LogP contribution is 2.27. The average Bonchev–Trinajstić information content (AvgIpc) is 2.24. The monoisotopic (exact) mass is 241 g/mol. The van der Waals surface area contributed by atoms with Gasteiger partial charge >= 0.3 is 0 Å². The molecule has 1 saturated carbocycles. The van der Waals surface area contributed by atoms with Crippen molar-refractivity contribution in [1.29, 1.82) is 0 Å². The van der Waals surface area contributed by atoms with E-state index >= 15 is 0 Å². The maximum atomic E-state index is 9.60. The molecule has 0 bridgehead atoms. The molecule has 1 aromatic carbocycles. The van der Waals surface area contributed by atoms with Crippen molar-refractivity contribution in [2.75, 3.05) is 0 Å². The molecule has 1 aliphatic rings. The van der Waals surface area contributed by atoms with E-state index in [-0.39, 0.29) is 6.10 Å². The first-order chi connectivity index (χ1) is 7.55. The molecule has 0 aliphatic heterocycles. The highest BCUT2D eigenvalue weighted by molar-refractivity contribution is 6.30. The number of hydrogen-bond acceptors (Lipinski definition) is 3. The summed E-state index contributed by atoms with van der Waals surface area (Å²) in [6.45, 7) is 0. The lowest BCUT2D eigenvalue weighted by molar-refractivity contribution is -0.0206. The minimum Gasteiger partial charge on any atom is -0.490 e. The van der Waals surface area contributed by atoms with Gasteiger partial charge in [-0.3, -0.25) is 0 Å². The topological polar surface area (TPSA) is 55.5 Å². The minimum absolute atomic E-state index is 0.144. The molecule has 0 saturated heterocycles. The molecule has 0 amide bonds. The zero-order valence-corrected chi connectivity index (χ0v) is 9.78. The Kier molecular flexibility index (Phi) is 3.38. The van der Waals surface area contributed by atoms with Crippen LogP contribution >= 0.6 is 11.6 Å². The molecule has 1 aliphatic carbocycles. The molecule has 0 heterocycles. The maximum Gasteiger partial charge on any atom is 0.119 e. The second-order valence-electron chi connectivity index (χ2n) is 4.37. The van der Waals surface area contributed by atoms with Crippen LogP contribution in [0.15, 0.2) is 24.3 Å². The summed E-state index contributed by atoms with van der Waals surface area (Å²) >= 11 is 5.79. The zero-order valence-electron chi connectivity index (χ0n) is 9.03. The lowest BCUT2D eigenvalue weighted by atomic mass is 9.90. The van der Waals surface area contributed by atoms with Crippen LogP contribution in [-0.4, -0.2) is 16.9 Å². The number of benzene rings is 1. The summed E-state index contributed by atoms with van der Waals surface area (Å²) in [5.41, 5.74) is 4.64. The van der Waals surface area contributed by atoms with Gasteiger partial charge in [0.15, 0.2) is 0 Å². The largest absolute Gasteiger partial charge is 0.490 e. The van der Waals surface area contributed by atoms with Gasteiger partial charge in [-0.15, -0.1) is 0 Å². The van der Waals surface area contributed by atoms with Crippen LogP contribution < -0.4 is 10.5 Å². The van der Waals surface area contributed by atoms with Gasteiger partial charge < -0.3 is 15.6 Å². The Morgan fingerprint density at radius 2 is 1.81 bits per heavy atom. The Morgan fingerprint density at radius 1 is 1.25 bits per heavy atom. The van der Waals surface area contributed by atoms with Crippen LogP contribution in [0.3, 0.4) is 0 Å². The predicted molar refractivity (Wildman–Crippen MR) is 63.5 cm³/mol. The number of rotatable bonds is 2. The van der Waals surface area contributed by atoms with Gasteiger partial charge in [0.05, 0.1) is 6.10 Å². The normalized spacial score (nSPS) is 30.1. The van der Waals surface area contributed by atoms with Crippen molar-refractivity contribution in [2.45, 2.75) is 37.5 Å². The summed E-state index contributed by atoms with van der Waals surface area (Å²) in [6.07, 6.45) is 2.90. The first-order valence-electron chi connectivity index (χ1n) is 5.49. The number of ether oxygens (including phenoxy) is 1. The summed E-state index contributed by atoms with van der Waals surface area (Å²) < 4.78 is 5.78. The van der Waals surface area contributed by atoms with Crippen LogP contribution in [0, 0.1) is 0 Å². The average molecular weight is 242 g/mol. The van der Waals surface area contributed by atoms with Gasteiger partial charge in [-0.2, -0.15) is 0 Å². The van der Waals surface area contributed by atoms with E-state index in [4.69, 9.17) is 22.1 Å². The molecule has 16 heavy (non-hydrogen) atoms. The Balaban J connectivity index is 1.89. The third kappa shape index (κ3) is 3.11. The van der Waals surface area contributed by atoms with Crippen molar-refractivity contribution in [3.63, 3.8) is 0 Å². The number of aliphatic hydroxyl groups is 1. The van der Waals surface area contributed by atoms with Crippen molar-refractivity contribution in [1.82, 2.24) is 0 Å². The number of halogens is 1. The lowest BCUT2D eigenvalue weighted by Crippen LogP contribution is -2.45. The van der Waals surface area contributed by atoms with E-state index in [2.05, 4.69) is 0 Å². The smallest absolute Gasteiger partial charge is 0.119 e. The highest BCUT2D eigenvalue weighted by Gasteiger charge is 2.30. The summed E-state index contributed by atoms with van der Waals surface area (Å²) in [7, 11) is 0. The molecule has 2 rings (SSSR count). The third-order valence-corrected chi connectivity index (χ3v) is 3.17. The van der Waals surface area contributed by atoms with E-state index in [1.807, 2.05) is 12.1 Å². The molecule has 4 heteroatoms. The van der Waals surface area contributed by atoms with E-state index in [0.29, 0.717) is 17.9 Å². The van der Waals surface area contributed by atoms with Crippen molar-refractivity contribution >= 4 is 11.6 Å². The van der Waals surface area contributed by atoms with E-state index in [1.54, 1.807) is 12.1 Å². The number of nitrogens with two attached hydrogens (primary N) is 1. The summed E-state index contributed by atoms with van der Waals surface area (Å²) in [4.78, 5) is 0. The molecule has 88 valence electrons. The summed E-state index contributed by atoms with van der Waals surface area (Å²) in [6, 6.07) is 7.31. The standard InChI is InChI=1S/C12H16ClNO2/c13-9-1-3-10(4-2-9)16-11-5-7-12(14,15)8-6-11/h1-4,11,15H,5-8,14H2. The van der Waals surface area contributed by atoms with Gasteiger partial charge in [-0.1, -0.05) is 11.6 Å². The van der Waals surface area contributed by atoms with Crippen molar-refractivity contribution < 1.29 is 9.84 Å². The molecule has 0 atom stereocenters. The summed E-state index contributed by atoms with van der Waals surface area (Å²) in [5.74, 6) is 0.817. The van der Waals surface area contributed by atoms with Gasteiger partial charge in [0.25, 0.3) is 0 Å². The van der Waals surface area contributed by atoms with Gasteiger partial charge in [0.2, 0.25) is 0 Å². The van der Waals surface area contributed by atoms with Gasteiger partial charge in [0.1, 0.15) is 11.5 Å². The highest BCUT2D eigenvalue weighted by atomic mass is 35.5. The molecular weight excluding hydrogens is 226 g/mol. The van der Waals surface area contributed by atoms with Crippen LogP contribution in [0.1, 0.15) is 25.7 Å². The molecule has 0 spiro atoms. The fraction of sp³-hybridized carbons (Fsp3) is 0.500. The Labute approximate surface area is 100 Å². The first-order valence-corrected chi connectivity index (χ1v) is 5.86. The van der Waals surface area contributed by atoms with Crippen LogP contribution in [0.5, 0.6) is 5.75 Å². The molecule has 3 N–H and O–H groups in total. The molecular formula is C12H16ClNO2. The van der Waals surface area contributed by atoms with Crippen LogP contribution in [0.2, 0.25) is 5.02 Å². The van der Waals surface area contributed by atoms with Crippen molar-refractivity contribution in [3.05, 3.63) is 29.3 Å². The van der Waals surface area contributed by atoms with Gasteiger partial charge in [-0.25, -0.2) is 0 Å². The maximum absolute atomic E-state index is 9.60. The molecule has 0 unspecified atom stereocenters. The summed E-state index contributed by atoms with van der Waals surface area (Å²) in [5, 5.41) is 10.3. The SMILES string of the molecule is NC1(O)CCC(Oc2ccc(Cl)cc2)CC1. The minimum atomic E-state index is -1.00. The fourth-order valence-corrected chi connectivity index (χ4v) is 2.04. The van der Waals surface area contributed by atoms with Crippen LogP contribution in [0.25, 0.3) is 0 Å². The van der Waals surface area contributed by atoms with E-state index in [9.17, 15) is 5.11 Å². The molecule has 1 fully saturated rings. The molecule has 1 aromatic rings. The zero-order chi connectivity index (χ0) is 11.6. The van der Waals surface area contributed by atoms with E-state index < -0.39 is 5.72 Å². The van der Waals surface area contributed by atoms with E-state index in [1.165, 1.54) is 0 Å². The van der Waals surface area contributed by atoms with Crippen LogP contribution in [-0.2, 0) is 0 Å². The van der Waals surface area contributed by atoms with Gasteiger partial charge in [-0.05, 0) is 49.9 Å². The van der Waals surface area contributed by atoms with E-state index in [0.717, 1.165) is 18.6 Å². The first kappa shape index (κ1) is 11.7. The Bertz CT molecular complexity index is 341. The van der Waals surface area contributed by atoms with Crippen LogP contribution in [0.4, 0.5) is 0 Å². The second-order valence-corrected chi connectivity index (χ2v) is 4.81. The molecule has 0 aromatic heterocycles. The van der Waals surface area contributed by atoms with Crippen molar-refractivity contribution in [3.8, 4) is 5.75 Å². The Hall–Kier alpha value is -0.770. The molecule has 0 radical (unpaired) electrons. The predicted octanol–water partition coefficient (Wildman–Crippen LogP) is 2.31. The number of hydrogen-bond donors (Lipinski definition) is 2. The second kappa shape index (κ2) is 4.62. The van der Waals surface area contributed by atoms with Crippen molar-refractivity contribution in [2.24, 2.45) is 5.73 Å². The lowest BCUT2D eigenvalue weighted by Gasteiger charge is -2.32. The van der Waals surface area contributed by atoms with Gasteiger partial charge in [0, 0.05) is 5.02 Å². The fourth-order valence-electron chi connectivity index (χ4n) is 1.91. The quantitative estimate of drug-likeness (QED) is 0.782. The third-order valence-electron chi connectivity index (χ3n) is 2.91.